The van der Waals surface area contributed by atoms with Gasteiger partial charge in [0.2, 0.25) is 0 Å². The van der Waals surface area contributed by atoms with E-state index in [0.29, 0.717) is 12.8 Å². The lowest BCUT2D eigenvalue weighted by molar-refractivity contribution is -0.889. The smallest absolute Gasteiger partial charge is 0.306 e. The van der Waals surface area contributed by atoms with Gasteiger partial charge in [-0.3, -0.25) is 9.59 Å². The van der Waals surface area contributed by atoms with Gasteiger partial charge in [-0.1, -0.05) is 204 Å². The largest absolute Gasteiger partial charge is 0.544 e. The Morgan fingerprint density at radius 3 is 1.17 bits per heavy atom. The molecule has 0 aliphatic carbocycles. The number of carbonyl (C=O) groups is 3. The first-order chi connectivity index (χ1) is 32.1. The predicted molar refractivity (Wildman–Crippen MR) is 277 cm³/mol. The highest BCUT2D eigenvalue weighted by Crippen LogP contribution is 2.15. The van der Waals surface area contributed by atoms with Crippen LogP contribution in [-0.2, 0) is 28.6 Å². The third kappa shape index (κ3) is 46.4. The monoisotopic (exact) mass is 928 g/mol. The van der Waals surface area contributed by atoms with Crippen molar-refractivity contribution in [1.82, 2.24) is 0 Å². The second-order valence-electron chi connectivity index (χ2n) is 19.8. The maximum absolute atomic E-state index is 12.8. The summed E-state index contributed by atoms with van der Waals surface area (Å²) in [6.07, 6.45) is 60.0. The van der Waals surface area contributed by atoms with Crippen LogP contribution in [0.2, 0.25) is 0 Å². The number of likely N-dealkylation sites (N-methyl/N-ethyl adjacent to an activating group) is 1. The Labute approximate surface area is 407 Å². The topological polar surface area (TPSA) is 102 Å². The van der Waals surface area contributed by atoms with Crippen LogP contribution in [-0.4, -0.2) is 75.5 Å². The quantitative estimate of drug-likeness (QED) is 0.0259. The fraction of sp³-hybridized carbons (Fsp3) is 0.810. The van der Waals surface area contributed by atoms with Crippen molar-refractivity contribution in [3.63, 3.8) is 0 Å². The number of allylic oxidation sites excluding steroid dienone is 8. The number of ether oxygens (including phenoxy) is 3. The minimum atomic E-state index is -1.12. The zero-order valence-electron chi connectivity index (χ0n) is 43.9. The van der Waals surface area contributed by atoms with Crippen molar-refractivity contribution in [2.24, 2.45) is 0 Å². The molecule has 0 aliphatic heterocycles. The maximum atomic E-state index is 12.8. The van der Waals surface area contributed by atoms with Gasteiger partial charge in [-0.15, -0.1) is 0 Å². The van der Waals surface area contributed by atoms with E-state index in [-0.39, 0.29) is 42.7 Å². The van der Waals surface area contributed by atoms with E-state index in [0.717, 1.165) is 51.4 Å². The van der Waals surface area contributed by atoms with Crippen molar-refractivity contribution in [3.05, 3.63) is 48.6 Å². The van der Waals surface area contributed by atoms with Gasteiger partial charge in [-0.2, -0.15) is 0 Å². The van der Waals surface area contributed by atoms with Gasteiger partial charge in [0.05, 0.1) is 40.3 Å². The second-order valence-corrected chi connectivity index (χ2v) is 19.8. The zero-order valence-corrected chi connectivity index (χ0v) is 43.9. The van der Waals surface area contributed by atoms with Crippen LogP contribution >= 0.6 is 0 Å². The highest BCUT2D eigenvalue weighted by Gasteiger charge is 2.25. The standard InChI is InChI=1S/C58H105NO7/c1-6-8-10-12-14-16-18-20-22-24-26-28-30-32-34-36-38-40-42-44-46-48-56(60)65-53-54(52-64-51-50-55(58(62)63)59(3,4)5)66-57(61)49-47-45-43-41-39-37-35-33-31-29-27-25-23-21-19-17-15-13-11-9-7-2/h18-21,24-27,54-55H,6-17,22-23,28-53H2,1-5H3/b20-18-,21-19-,26-24-,27-25-. The normalized spacial score (nSPS) is 13.2. The summed E-state index contributed by atoms with van der Waals surface area (Å²) < 4.78 is 17.3. The molecule has 0 rings (SSSR count). The summed E-state index contributed by atoms with van der Waals surface area (Å²) in [6, 6.07) is -0.729. The molecule has 0 saturated heterocycles. The van der Waals surface area contributed by atoms with Crippen molar-refractivity contribution >= 4 is 17.9 Å². The fourth-order valence-corrected chi connectivity index (χ4v) is 8.13. The number of unbranched alkanes of at least 4 members (excludes halogenated alkanes) is 28. The summed E-state index contributed by atoms with van der Waals surface area (Å²) >= 11 is 0. The van der Waals surface area contributed by atoms with E-state index in [1.54, 1.807) is 21.1 Å². The van der Waals surface area contributed by atoms with Gasteiger partial charge < -0.3 is 28.6 Å². The Morgan fingerprint density at radius 1 is 0.455 bits per heavy atom. The maximum Gasteiger partial charge on any atom is 0.306 e. The van der Waals surface area contributed by atoms with Gasteiger partial charge in [-0.05, 0) is 77.0 Å². The summed E-state index contributed by atoms with van der Waals surface area (Å²) in [6.45, 7) is 4.66. The van der Waals surface area contributed by atoms with Crippen LogP contribution in [0.1, 0.15) is 251 Å². The summed E-state index contributed by atoms with van der Waals surface area (Å²) in [4.78, 5) is 37.1. The Balaban J connectivity index is 4.21. The molecule has 0 fully saturated rings. The number of hydrogen-bond acceptors (Lipinski definition) is 7. The summed E-state index contributed by atoms with van der Waals surface area (Å²) in [7, 11) is 5.42. The first kappa shape index (κ1) is 63.3. The van der Waals surface area contributed by atoms with Crippen molar-refractivity contribution in [2.75, 3.05) is 41.0 Å². The molecular weight excluding hydrogens is 823 g/mol. The van der Waals surface area contributed by atoms with Gasteiger partial charge in [0.1, 0.15) is 12.6 Å². The van der Waals surface area contributed by atoms with Crippen molar-refractivity contribution < 1.29 is 38.2 Å². The van der Waals surface area contributed by atoms with Gasteiger partial charge >= 0.3 is 11.9 Å². The molecular formula is C58H105NO7. The SMILES string of the molecule is CCCCCCC/C=C\C/C=C\CCCCCCCCCCCC(=O)OCC(COCCC(C(=O)[O-])[N+](C)(C)C)OC(=O)CCCCCCCCCCC/C=C\C/C=C\CCCCCCC. The van der Waals surface area contributed by atoms with E-state index < -0.39 is 18.1 Å². The molecule has 0 radical (unpaired) electrons. The molecule has 0 aliphatic rings. The number of aliphatic carboxylic acids is 1. The van der Waals surface area contributed by atoms with E-state index in [4.69, 9.17) is 14.2 Å². The number of nitrogens with zero attached hydrogens (tertiary/aromatic N) is 1. The first-order valence-corrected chi connectivity index (χ1v) is 27.7. The average Bonchev–Trinajstić information content (AvgIpc) is 3.28. The minimum Gasteiger partial charge on any atom is -0.544 e. The molecule has 2 atom stereocenters. The predicted octanol–water partition coefficient (Wildman–Crippen LogP) is 15.0. The highest BCUT2D eigenvalue weighted by molar-refractivity contribution is 5.70. The minimum absolute atomic E-state index is 0.0382. The Morgan fingerprint density at radius 2 is 0.803 bits per heavy atom. The van der Waals surface area contributed by atoms with Crippen LogP contribution in [0.5, 0.6) is 0 Å². The molecule has 384 valence electrons. The van der Waals surface area contributed by atoms with Crippen LogP contribution < -0.4 is 5.11 Å². The van der Waals surface area contributed by atoms with Crippen molar-refractivity contribution in [1.29, 1.82) is 0 Å². The summed E-state index contributed by atoms with van der Waals surface area (Å²) in [5, 5.41) is 11.7. The lowest BCUT2D eigenvalue weighted by Crippen LogP contribution is -2.55. The van der Waals surface area contributed by atoms with Crippen molar-refractivity contribution in [3.8, 4) is 0 Å². The molecule has 0 amide bonds. The lowest BCUT2D eigenvalue weighted by atomic mass is 10.1. The van der Waals surface area contributed by atoms with Crippen LogP contribution in [0.3, 0.4) is 0 Å². The lowest BCUT2D eigenvalue weighted by Gasteiger charge is -2.34. The molecule has 0 heterocycles. The first-order valence-electron chi connectivity index (χ1n) is 27.7. The number of hydrogen-bond donors (Lipinski definition) is 0. The Kier molecular flexibility index (Phi) is 46.7. The number of esters is 2. The number of quaternary nitrogens is 1. The third-order valence-electron chi connectivity index (χ3n) is 12.4. The van der Waals surface area contributed by atoms with E-state index in [1.807, 2.05) is 0 Å². The van der Waals surface area contributed by atoms with Crippen LogP contribution in [0.4, 0.5) is 0 Å². The van der Waals surface area contributed by atoms with E-state index in [2.05, 4.69) is 62.5 Å². The van der Waals surface area contributed by atoms with Crippen molar-refractivity contribution in [2.45, 2.75) is 264 Å². The fourth-order valence-electron chi connectivity index (χ4n) is 8.13. The molecule has 8 heteroatoms. The van der Waals surface area contributed by atoms with E-state index in [9.17, 15) is 19.5 Å². The molecule has 0 aromatic carbocycles. The molecule has 0 aromatic heterocycles. The summed E-state index contributed by atoms with van der Waals surface area (Å²) in [5.41, 5.74) is 0. The Hall–Kier alpha value is -2.71. The van der Waals surface area contributed by atoms with E-state index in [1.165, 1.54) is 167 Å². The Bertz CT molecular complexity index is 1220. The molecule has 8 nitrogen and oxygen atoms in total. The number of carboxylic acids is 1. The second kappa shape index (κ2) is 48.7. The van der Waals surface area contributed by atoms with Crippen LogP contribution in [0.15, 0.2) is 48.6 Å². The van der Waals surface area contributed by atoms with E-state index >= 15 is 0 Å². The van der Waals surface area contributed by atoms with Gasteiger partial charge in [0, 0.05) is 19.3 Å². The molecule has 0 N–H and O–H groups in total. The summed E-state index contributed by atoms with van der Waals surface area (Å²) in [5.74, 6) is -1.74. The number of carbonyl (C=O) groups excluding carboxylic acids is 3. The van der Waals surface area contributed by atoms with Crippen LogP contribution in [0.25, 0.3) is 0 Å². The highest BCUT2D eigenvalue weighted by atomic mass is 16.6. The average molecular weight is 928 g/mol. The number of rotatable bonds is 50. The molecule has 0 spiro atoms. The molecule has 66 heavy (non-hydrogen) atoms. The molecule has 0 saturated carbocycles. The van der Waals surface area contributed by atoms with Gasteiger partial charge in [0.25, 0.3) is 0 Å². The molecule has 0 bridgehead atoms. The van der Waals surface area contributed by atoms with Gasteiger partial charge in [-0.25, -0.2) is 0 Å². The molecule has 2 unspecified atom stereocenters. The number of carboxylic acid groups (broad SMARTS) is 1. The van der Waals surface area contributed by atoms with Crippen LogP contribution in [0, 0.1) is 0 Å². The molecule has 0 aromatic rings. The third-order valence-corrected chi connectivity index (χ3v) is 12.4. The zero-order chi connectivity index (χ0) is 48.4. The van der Waals surface area contributed by atoms with Gasteiger partial charge in [0.15, 0.2) is 6.10 Å².